The molecule has 0 radical (unpaired) electrons. The number of hydrogen-bond donors (Lipinski definition) is 2. The first-order valence-corrected chi connectivity index (χ1v) is 7.42. The summed E-state index contributed by atoms with van der Waals surface area (Å²) < 4.78 is 1.95. The maximum Gasteiger partial charge on any atom is 0.268 e. The van der Waals surface area contributed by atoms with E-state index in [0.29, 0.717) is 12.1 Å². The normalized spacial score (nSPS) is 20.3. The first-order valence-electron chi connectivity index (χ1n) is 7.42. The predicted octanol–water partition coefficient (Wildman–Crippen LogP) is 2.29. The Morgan fingerprint density at radius 2 is 2.14 bits per heavy atom. The number of aromatic nitrogens is 1. The summed E-state index contributed by atoms with van der Waals surface area (Å²) >= 11 is 0. The Morgan fingerprint density at radius 1 is 1.33 bits per heavy atom. The van der Waals surface area contributed by atoms with Crippen molar-refractivity contribution in [3.63, 3.8) is 0 Å². The van der Waals surface area contributed by atoms with Gasteiger partial charge in [-0.25, -0.2) is 0 Å². The summed E-state index contributed by atoms with van der Waals surface area (Å²) in [5.74, 6) is -0.130. The average molecular weight is 284 g/mol. The van der Waals surface area contributed by atoms with Crippen LogP contribution in [0.5, 0.6) is 0 Å². The molecule has 1 aliphatic carbocycles. The molecule has 4 nitrogen and oxygen atoms in total. The van der Waals surface area contributed by atoms with Gasteiger partial charge in [0, 0.05) is 19.2 Å². The Balaban J connectivity index is 1.80. The van der Waals surface area contributed by atoms with Gasteiger partial charge in [0.05, 0.1) is 12.1 Å². The van der Waals surface area contributed by atoms with Gasteiger partial charge in [0.1, 0.15) is 5.69 Å². The van der Waals surface area contributed by atoms with Crippen molar-refractivity contribution in [2.24, 2.45) is 0 Å². The van der Waals surface area contributed by atoms with E-state index >= 15 is 0 Å². The molecule has 0 saturated carbocycles. The molecule has 110 valence electrons. The Labute approximate surface area is 124 Å². The quantitative estimate of drug-likeness (QED) is 0.905. The lowest BCUT2D eigenvalue weighted by Gasteiger charge is -2.18. The summed E-state index contributed by atoms with van der Waals surface area (Å²) in [7, 11) is 0. The molecule has 21 heavy (non-hydrogen) atoms. The van der Waals surface area contributed by atoms with Crippen LogP contribution >= 0.6 is 0 Å². The van der Waals surface area contributed by atoms with E-state index in [9.17, 15) is 9.90 Å². The van der Waals surface area contributed by atoms with Gasteiger partial charge in [-0.3, -0.25) is 4.79 Å². The molecule has 3 rings (SSSR count). The molecule has 2 atom stereocenters. The van der Waals surface area contributed by atoms with Gasteiger partial charge in [0.15, 0.2) is 0 Å². The lowest BCUT2D eigenvalue weighted by atomic mass is 10.1. The monoisotopic (exact) mass is 284 g/mol. The molecule has 1 heterocycles. The van der Waals surface area contributed by atoms with Gasteiger partial charge in [-0.05, 0) is 29.7 Å². The highest BCUT2D eigenvalue weighted by Gasteiger charge is 2.32. The van der Waals surface area contributed by atoms with E-state index in [-0.39, 0.29) is 11.9 Å². The maximum atomic E-state index is 12.5. The molecule has 0 spiro atoms. The summed E-state index contributed by atoms with van der Waals surface area (Å²) in [5.41, 5.74) is 2.78. The van der Waals surface area contributed by atoms with E-state index in [1.807, 2.05) is 47.2 Å². The molecule has 0 fully saturated rings. The minimum atomic E-state index is -0.555. The first kappa shape index (κ1) is 13.9. The fraction of sp³-hybridized carbons (Fsp3) is 0.353. The lowest BCUT2D eigenvalue weighted by molar-refractivity contribution is 0.0849. The molecule has 1 aromatic carbocycles. The molecule has 1 amide bonds. The number of benzene rings is 1. The van der Waals surface area contributed by atoms with Crippen LogP contribution in [-0.2, 0) is 13.0 Å². The van der Waals surface area contributed by atoms with Crippen molar-refractivity contribution in [2.75, 3.05) is 0 Å². The average Bonchev–Trinajstić information content (AvgIpc) is 3.05. The molecule has 0 unspecified atom stereocenters. The Hall–Kier alpha value is -2.07. The van der Waals surface area contributed by atoms with Gasteiger partial charge in [0.25, 0.3) is 5.91 Å². The molecule has 1 aromatic heterocycles. The molecule has 2 aromatic rings. The zero-order chi connectivity index (χ0) is 14.8. The van der Waals surface area contributed by atoms with Gasteiger partial charge in [-0.2, -0.15) is 0 Å². The molecular formula is C17H20N2O2. The standard InChI is InChI=1S/C17H20N2O2/c1-2-9-19-10-5-8-14(19)17(21)18-16-13-7-4-3-6-12(13)11-15(16)20/h3-8,10,15-16,20H,2,9,11H2,1H3,(H,18,21)/t15-,16+/m0/s1. The van der Waals surface area contributed by atoms with E-state index in [1.165, 1.54) is 0 Å². The predicted molar refractivity (Wildman–Crippen MR) is 81.1 cm³/mol. The second-order valence-corrected chi connectivity index (χ2v) is 5.51. The first-order chi connectivity index (χ1) is 10.2. The maximum absolute atomic E-state index is 12.5. The minimum Gasteiger partial charge on any atom is -0.390 e. The summed E-state index contributed by atoms with van der Waals surface area (Å²) in [5, 5.41) is 13.2. The van der Waals surface area contributed by atoms with Gasteiger partial charge >= 0.3 is 0 Å². The van der Waals surface area contributed by atoms with E-state index in [4.69, 9.17) is 0 Å². The van der Waals surface area contributed by atoms with Gasteiger partial charge in [-0.1, -0.05) is 31.2 Å². The van der Waals surface area contributed by atoms with E-state index in [1.54, 1.807) is 0 Å². The minimum absolute atomic E-state index is 0.130. The number of aryl methyl sites for hydroxylation is 1. The van der Waals surface area contributed by atoms with Crippen molar-refractivity contribution in [1.82, 2.24) is 9.88 Å². The van der Waals surface area contributed by atoms with Crippen LogP contribution in [0.3, 0.4) is 0 Å². The highest BCUT2D eigenvalue weighted by atomic mass is 16.3. The van der Waals surface area contributed by atoms with Gasteiger partial charge < -0.3 is 15.0 Å². The van der Waals surface area contributed by atoms with Gasteiger partial charge in [0.2, 0.25) is 0 Å². The van der Waals surface area contributed by atoms with Crippen LogP contribution in [0.15, 0.2) is 42.6 Å². The van der Waals surface area contributed by atoms with Crippen molar-refractivity contribution in [3.05, 3.63) is 59.4 Å². The number of nitrogens with one attached hydrogen (secondary N) is 1. The highest BCUT2D eigenvalue weighted by molar-refractivity contribution is 5.93. The molecule has 0 bridgehead atoms. The van der Waals surface area contributed by atoms with Crippen molar-refractivity contribution in [1.29, 1.82) is 0 Å². The van der Waals surface area contributed by atoms with E-state index in [0.717, 1.165) is 24.1 Å². The topological polar surface area (TPSA) is 54.3 Å². The van der Waals surface area contributed by atoms with Crippen LogP contribution in [0, 0.1) is 0 Å². The molecule has 0 aliphatic heterocycles. The molecular weight excluding hydrogens is 264 g/mol. The summed E-state index contributed by atoms with van der Waals surface area (Å²) in [6.07, 6.45) is 2.93. The Bertz CT molecular complexity index is 648. The third-order valence-corrected chi connectivity index (χ3v) is 4.02. The third-order valence-electron chi connectivity index (χ3n) is 4.02. The molecule has 0 saturated heterocycles. The Kier molecular flexibility index (Phi) is 3.80. The van der Waals surface area contributed by atoms with Crippen molar-refractivity contribution >= 4 is 5.91 Å². The third kappa shape index (κ3) is 2.59. The number of rotatable bonds is 4. The number of hydrogen-bond acceptors (Lipinski definition) is 2. The fourth-order valence-corrected chi connectivity index (χ4v) is 3.02. The van der Waals surface area contributed by atoms with Crippen LogP contribution in [0.4, 0.5) is 0 Å². The zero-order valence-electron chi connectivity index (χ0n) is 12.1. The van der Waals surface area contributed by atoms with Crippen LogP contribution in [0.25, 0.3) is 0 Å². The molecule has 4 heteroatoms. The van der Waals surface area contributed by atoms with Crippen molar-refractivity contribution in [2.45, 2.75) is 38.5 Å². The van der Waals surface area contributed by atoms with Crippen LogP contribution in [0.2, 0.25) is 0 Å². The number of aliphatic hydroxyl groups excluding tert-OH is 1. The van der Waals surface area contributed by atoms with Crippen molar-refractivity contribution < 1.29 is 9.90 Å². The zero-order valence-corrected chi connectivity index (χ0v) is 12.1. The molecule has 1 aliphatic rings. The fourth-order valence-electron chi connectivity index (χ4n) is 3.02. The summed E-state index contributed by atoms with van der Waals surface area (Å²) in [6, 6.07) is 11.3. The Morgan fingerprint density at radius 3 is 2.95 bits per heavy atom. The SMILES string of the molecule is CCCn1cccc1C(=O)N[C@@H]1c2ccccc2C[C@@H]1O. The number of carbonyl (C=O) groups is 1. The number of nitrogens with zero attached hydrogens (tertiary/aromatic N) is 1. The second-order valence-electron chi connectivity index (χ2n) is 5.51. The number of fused-ring (bicyclic) bond motifs is 1. The summed E-state index contributed by atoms with van der Waals surface area (Å²) in [4.78, 5) is 12.5. The number of aliphatic hydroxyl groups is 1. The highest BCUT2D eigenvalue weighted by Crippen LogP contribution is 2.31. The second kappa shape index (κ2) is 5.74. The van der Waals surface area contributed by atoms with Crippen LogP contribution in [-0.4, -0.2) is 21.7 Å². The number of amides is 1. The smallest absolute Gasteiger partial charge is 0.268 e. The summed E-state index contributed by atoms with van der Waals surface area (Å²) in [6.45, 7) is 2.90. The number of carbonyl (C=O) groups excluding carboxylic acids is 1. The van der Waals surface area contributed by atoms with Crippen molar-refractivity contribution in [3.8, 4) is 0 Å². The van der Waals surface area contributed by atoms with E-state index in [2.05, 4.69) is 12.2 Å². The molecule has 2 N–H and O–H groups in total. The lowest BCUT2D eigenvalue weighted by Crippen LogP contribution is -2.34. The van der Waals surface area contributed by atoms with E-state index < -0.39 is 6.10 Å². The van der Waals surface area contributed by atoms with Crippen LogP contribution < -0.4 is 5.32 Å². The van der Waals surface area contributed by atoms with Gasteiger partial charge in [-0.15, -0.1) is 0 Å². The largest absolute Gasteiger partial charge is 0.390 e. The van der Waals surface area contributed by atoms with Crippen LogP contribution in [0.1, 0.15) is 41.0 Å².